The molecule has 0 bridgehead atoms. The summed E-state index contributed by atoms with van der Waals surface area (Å²) in [4.78, 5) is 27.2. The number of rotatable bonds is 4. The van der Waals surface area contributed by atoms with Crippen molar-refractivity contribution < 1.29 is 23.6 Å². The molecule has 0 spiro atoms. The zero-order valence-corrected chi connectivity index (χ0v) is 15.7. The minimum absolute atomic E-state index is 0.0315. The number of hydrogen-bond donors (Lipinski definition) is 1. The van der Waals surface area contributed by atoms with E-state index in [9.17, 15) is 14.7 Å². The molecular formula is C20H15ClN2O5. The number of Topliss-reactive ketones (excluding diaryl/α,β-unsaturated/α-hetero) is 1. The fourth-order valence-corrected chi connectivity index (χ4v) is 3.32. The first kappa shape index (κ1) is 18.1. The second kappa shape index (κ2) is 6.69. The number of anilines is 1. The Morgan fingerprint density at radius 3 is 2.43 bits per heavy atom. The second-order valence-corrected chi connectivity index (χ2v) is 6.86. The number of aromatic nitrogens is 1. The van der Waals surface area contributed by atoms with Crippen molar-refractivity contribution in [2.45, 2.75) is 19.9 Å². The van der Waals surface area contributed by atoms with Gasteiger partial charge in [0.15, 0.2) is 17.3 Å². The maximum absolute atomic E-state index is 13.1. The number of furan rings is 1. The Morgan fingerprint density at radius 1 is 1.14 bits per heavy atom. The predicted molar refractivity (Wildman–Crippen MR) is 100 cm³/mol. The molecule has 0 saturated carbocycles. The first-order valence-corrected chi connectivity index (χ1v) is 8.81. The van der Waals surface area contributed by atoms with Gasteiger partial charge in [-0.2, -0.15) is 0 Å². The molecule has 4 rings (SSSR count). The quantitative estimate of drug-likeness (QED) is 0.657. The van der Waals surface area contributed by atoms with Crippen molar-refractivity contribution in [1.29, 1.82) is 0 Å². The number of ketones is 1. The zero-order valence-electron chi connectivity index (χ0n) is 15.0. The molecule has 3 aromatic rings. The van der Waals surface area contributed by atoms with Gasteiger partial charge in [-0.25, -0.2) is 0 Å². The number of aliphatic hydroxyl groups excluding tert-OH is 1. The SMILES string of the molecule is Cc1cc(N2C(=O)C(O)=C(C(=O)c3ccc(C)o3)[C@H]2c2ccc(Cl)cc2)no1. The van der Waals surface area contributed by atoms with E-state index in [0.717, 1.165) is 0 Å². The number of carbonyl (C=O) groups is 2. The van der Waals surface area contributed by atoms with Crippen molar-refractivity contribution in [3.63, 3.8) is 0 Å². The molecule has 1 atom stereocenters. The summed E-state index contributed by atoms with van der Waals surface area (Å²) in [5.41, 5.74) is 0.483. The number of benzene rings is 1. The number of aryl methyl sites for hydroxylation is 2. The van der Waals surface area contributed by atoms with Crippen molar-refractivity contribution in [3.8, 4) is 0 Å². The number of aliphatic hydroxyl groups is 1. The summed E-state index contributed by atoms with van der Waals surface area (Å²) in [7, 11) is 0. The van der Waals surface area contributed by atoms with E-state index < -0.39 is 23.5 Å². The maximum Gasteiger partial charge on any atom is 0.295 e. The molecule has 0 aliphatic carbocycles. The highest BCUT2D eigenvalue weighted by Gasteiger charge is 2.46. The molecular weight excluding hydrogens is 384 g/mol. The van der Waals surface area contributed by atoms with Crippen LogP contribution >= 0.6 is 11.6 Å². The summed E-state index contributed by atoms with van der Waals surface area (Å²) in [6.45, 7) is 3.38. The fraction of sp³-hybridized carbons (Fsp3) is 0.150. The van der Waals surface area contributed by atoms with Gasteiger partial charge >= 0.3 is 0 Å². The van der Waals surface area contributed by atoms with Crippen LogP contribution in [0, 0.1) is 13.8 Å². The van der Waals surface area contributed by atoms with Gasteiger partial charge in [0.2, 0.25) is 5.78 Å². The molecule has 142 valence electrons. The Kier molecular flexibility index (Phi) is 4.31. The molecule has 1 aliphatic rings. The van der Waals surface area contributed by atoms with Gasteiger partial charge < -0.3 is 14.0 Å². The molecule has 1 aromatic carbocycles. The van der Waals surface area contributed by atoms with E-state index in [4.69, 9.17) is 20.5 Å². The van der Waals surface area contributed by atoms with Gasteiger partial charge in [0, 0.05) is 11.1 Å². The van der Waals surface area contributed by atoms with Crippen LogP contribution in [0.3, 0.4) is 0 Å². The first-order chi connectivity index (χ1) is 13.4. The molecule has 3 heterocycles. The first-order valence-electron chi connectivity index (χ1n) is 8.43. The van der Waals surface area contributed by atoms with Gasteiger partial charge in [0.05, 0.1) is 11.6 Å². The van der Waals surface area contributed by atoms with E-state index in [2.05, 4.69) is 5.16 Å². The van der Waals surface area contributed by atoms with E-state index >= 15 is 0 Å². The molecule has 28 heavy (non-hydrogen) atoms. The highest BCUT2D eigenvalue weighted by molar-refractivity contribution is 6.30. The number of amides is 1. The van der Waals surface area contributed by atoms with Gasteiger partial charge in [0.1, 0.15) is 11.5 Å². The van der Waals surface area contributed by atoms with Crippen LogP contribution < -0.4 is 4.90 Å². The van der Waals surface area contributed by atoms with Gasteiger partial charge in [-0.1, -0.05) is 28.9 Å². The Morgan fingerprint density at radius 2 is 1.86 bits per heavy atom. The zero-order chi connectivity index (χ0) is 20.0. The largest absolute Gasteiger partial charge is 0.503 e. The van der Waals surface area contributed by atoms with E-state index in [1.165, 1.54) is 11.0 Å². The van der Waals surface area contributed by atoms with Gasteiger partial charge in [-0.05, 0) is 43.7 Å². The molecule has 0 saturated heterocycles. The third kappa shape index (κ3) is 2.90. The standard InChI is InChI=1S/C20H15ClN2O5/c1-10-3-8-14(27-10)18(24)16-17(12-4-6-13(21)7-5-12)23(20(26)19(16)25)15-9-11(2)28-22-15/h3-9,17,25H,1-2H3/t17-/m1/s1. The van der Waals surface area contributed by atoms with Crippen molar-refractivity contribution >= 4 is 29.1 Å². The van der Waals surface area contributed by atoms with Crippen LogP contribution in [0.4, 0.5) is 5.82 Å². The summed E-state index contributed by atoms with van der Waals surface area (Å²) < 4.78 is 10.5. The lowest BCUT2D eigenvalue weighted by molar-refractivity contribution is -0.117. The summed E-state index contributed by atoms with van der Waals surface area (Å²) >= 11 is 5.98. The van der Waals surface area contributed by atoms with Crippen molar-refractivity contribution in [2.24, 2.45) is 0 Å². The Bertz CT molecular complexity index is 1110. The molecule has 1 aliphatic heterocycles. The lowest BCUT2D eigenvalue weighted by Gasteiger charge is -2.24. The topological polar surface area (TPSA) is 96.8 Å². The van der Waals surface area contributed by atoms with Crippen molar-refractivity contribution in [2.75, 3.05) is 4.90 Å². The average molecular weight is 399 g/mol. The minimum Gasteiger partial charge on any atom is -0.503 e. The maximum atomic E-state index is 13.1. The Labute approximate surface area is 164 Å². The minimum atomic E-state index is -0.910. The summed E-state index contributed by atoms with van der Waals surface area (Å²) in [5.74, 6) is -0.740. The number of carbonyl (C=O) groups excluding carboxylic acids is 2. The molecule has 0 fully saturated rings. The van der Waals surface area contributed by atoms with Crippen LogP contribution in [0.1, 0.15) is 33.7 Å². The number of nitrogens with zero attached hydrogens (tertiary/aromatic N) is 2. The predicted octanol–water partition coefficient (Wildman–Crippen LogP) is 4.32. The molecule has 0 radical (unpaired) electrons. The highest BCUT2D eigenvalue weighted by atomic mass is 35.5. The van der Waals surface area contributed by atoms with Crippen LogP contribution in [-0.2, 0) is 4.79 Å². The van der Waals surface area contributed by atoms with Crippen LogP contribution in [0.5, 0.6) is 0 Å². The van der Waals surface area contributed by atoms with Gasteiger partial charge in [-0.15, -0.1) is 0 Å². The number of halogens is 1. The van der Waals surface area contributed by atoms with Crippen molar-refractivity contribution in [1.82, 2.24) is 5.16 Å². The molecule has 0 unspecified atom stereocenters. The molecule has 1 N–H and O–H groups in total. The highest BCUT2D eigenvalue weighted by Crippen LogP contribution is 2.41. The second-order valence-electron chi connectivity index (χ2n) is 6.43. The van der Waals surface area contributed by atoms with E-state index in [1.54, 1.807) is 50.2 Å². The van der Waals surface area contributed by atoms with Crippen LogP contribution in [0.15, 0.2) is 62.7 Å². The van der Waals surface area contributed by atoms with E-state index in [-0.39, 0.29) is 17.2 Å². The molecule has 2 aromatic heterocycles. The third-order valence-electron chi connectivity index (χ3n) is 4.47. The smallest absolute Gasteiger partial charge is 0.295 e. The fourth-order valence-electron chi connectivity index (χ4n) is 3.19. The summed E-state index contributed by atoms with van der Waals surface area (Å²) in [6.07, 6.45) is 0. The van der Waals surface area contributed by atoms with Gasteiger partial charge in [0.25, 0.3) is 5.91 Å². The lowest BCUT2D eigenvalue weighted by atomic mass is 9.95. The Hall–Kier alpha value is -3.32. The third-order valence-corrected chi connectivity index (χ3v) is 4.72. The van der Waals surface area contributed by atoms with Crippen LogP contribution in [0.25, 0.3) is 0 Å². The van der Waals surface area contributed by atoms with Crippen LogP contribution in [0.2, 0.25) is 5.02 Å². The lowest BCUT2D eigenvalue weighted by Crippen LogP contribution is -2.31. The molecule has 7 nitrogen and oxygen atoms in total. The Balaban J connectivity index is 1.87. The average Bonchev–Trinajstić information content (AvgIpc) is 3.35. The van der Waals surface area contributed by atoms with E-state index in [0.29, 0.717) is 22.1 Å². The van der Waals surface area contributed by atoms with E-state index in [1.807, 2.05) is 0 Å². The number of hydrogen-bond acceptors (Lipinski definition) is 6. The molecule has 1 amide bonds. The summed E-state index contributed by atoms with van der Waals surface area (Å²) in [6, 6.07) is 10.4. The molecule has 8 heteroatoms. The van der Waals surface area contributed by atoms with Gasteiger partial charge in [-0.3, -0.25) is 14.5 Å². The van der Waals surface area contributed by atoms with Crippen molar-refractivity contribution in [3.05, 3.63) is 81.7 Å². The normalized spacial score (nSPS) is 16.9. The monoisotopic (exact) mass is 398 g/mol. The van der Waals surface area contributed by atoms with Crippen LogP contribution in [-0.4, -0.2) is 22.0 Å². The summed E-state index contributed by atoms with van der Waals surface area (Å²) in [5, 5.41) is 14.9.